The van der Waals surface area contributed by atoms with E-state index in [0.29, 0.717) is 13.2 Å². The van der Waals surface area contributed by atoms with Crippen molar-refractivity contribution < 1.29 is 14.3 Å². The maximum absolute atomic E-state index is 12.1. The van der Waals surface area contributed by atoms with Crippen LogP contribution in [0.25, 0.3) is 0 Å². The quantitative estimate of drug-likeness (QED) is 0.701. The van der Waals surface area contributed by atoms with Crippen molar-refractivity contribution in [3.8, 4) is 0 Å². The molecular weight excluding hydrogens is 342 g/mol. The lowest BCUT2D eigenvalue weighted by atomic mass is 10.1. The van der Waals surface area contributed by atoms with Crippen LogP contribution in [0.1, 0.15) is 27.8 Å². The SMILES string of the molecule is COCc1cccc(CNC(=O)NCC(=O)Nc2c(C)cc(C)cc2C)c1. The summed E-state index contributed by atoms with van der Waals surface area (Å²) in [7, 11) is 1.64. The van der Waals surface area contributed by atoms with Crippen LogP contribution in [0.2, 0.25) is 0 Å². The van der Waals surface area contributed by atoms with Gasteiger partial charge in [0.25, 0.3) is 0 Å². The molecule has 144 valence electrons. The first-order valence-corrected chi connectivity index (χ1v) is 8.85. The summed E-state index contributed by atoms with van der Waals surface area (Å²) in [6, 6.07) is 11.4. The molecule has 0 saturated carbocycles. The van der Waals surface area contributed by atoms with Crippen LogP contribution in [0, 0.1) is 20.8 Å². The molecule has 0 aromatic heterocycles. The number of rotatable bonds is 7. The molecule has 3 amide bonds. The average molecular weight is 369 g/mol. The molecule has 0 fully saturated rings. The maximum atomic E-state index is 12.1. The molecular formula is C21H27N3O3. The third-order valence-electron chi connectivity index (χ3n) is 4.11. The minimum Gasteiger partial charge on any atom is -0.380 e. The number of anilines is 1. The fraction of sp³-hybridized carbons (Fsp3) is 0.333. The molecule has 3 N–H and O–H groups in total. The van der Waals surface area contributed by atoms with Crippen molar-refractivity contribution in [3.63, 3.8) is 0 Å². The van der Waals surface area contributed by atoms with Gasteiger partial charge in [0.2, 0.25) is 5.91 Å². The highest BCUT2D eigenvalue weighted by atomic mass is 16.5. The lowest BCUT2D eigenvalue weighted by Gasteiger charge is -2.13. The molecule has 0 saturated heterocycles. The van der Waals surface area contributed by atoms with Crippen LogP contribution in [-0.4, -0.2) is 25.6 Å². The van der Waals surface area contributed by atoms with Crippen molar-refractivity contribution in [2.24, 2.45) is 0 Å². The van der Waals surface area contributed by atoms with Gasteiger partial charge in [-0.05, 0) is 43.0 Å². The number of nitrogens with one attached hydrogen (secondary N) is 3. The molecule has 0 heterocycles. The molecule has 6 nitrogen and oxygen atoms in total. The predicted octanol–water partition coefficient (Wildman–Crippen LogP) is 3.20. The van der Waals surface area contributed by atoms with E-state index >= 15 is 0 Å². The molecule has 0 aliphatic carbocycles. The second-order valence-electron chi connectivity index (χ2n) is 6.61. The fourth-order valence-electron chi connectivity index (χ4n) is 2.96. The zero-order chi connectivity index (χ0) is 19.8. The molecule has 27 heavy (non-hydrogen) atoms. The number of carbonyl (C=O) groups is 2. The van der Waals surface area contributed by atoms with Gasteiger partial charge in [0.1, 0.15) is 0 Å². The molecule has 0 atom stereocenters. The van der Waals surface area contributed by atoms with E-state index in [1.807, 2.05) is 57.2 Å². The van der Waals surface area contributed by atoms with Gasteiger partial charge in [-0.2, -0.15) is 0 Å². The van der Waals surface area contributed by atoms with Crippen molar-refractivity contribution in [2.45, 2.75) is 33.9 Å². The van der Waals surface area contributed by atoms with Crippen molar-refractivity contribution >= 4 is 17.6 Å². The maximum Gasteiger partial charge on any atom is 0.315 e. The molecule has 2 aromatic carbocycles. The summed E-state index contributed by atoms with van der Waals surface area (Å²) in [5.74, 6) is -0.262. The molecule has 0 aliphatic heterocycles. The molecule has 6 heteroatoms. The Bertz CT molecular complexity index is 795. The Hall–Kier alpha value is -2.86. The second kappa shape index (κ2) is 9.73. The lowest BCUT2D eigenvalue weighted by Crippen LogP contribution is -2.39. The third kappa shape index (κ3) is 6.42. The minimum atomic E-state index is -0.389. The lowest BCUT2D eigenvalue weighted by molar-refractivity contribution is -0.115. The summed E-state index contributed by atoms with van der Waals surface area (Å²) in [6.07, 6.45) is 0. The van der Waals surface area contributed by atoms with Gasteiger partial charge >= 0.3 is 6.03 Å². The number of hydrogen-bond acceptors (Lipinski definition) is 3. The average Bonchev–Trinajstić information content (AvgIpc) is 2.62. The highest BCUT2D eigenvalue weighted by molar-refractivity contribution is 5.95. The highest BCUT2D eigenvalue weighted by Gasteiger charge is 2.10. The molecule has 2 aromatic rings. The summed E-state index contributed by atoms with van der Waals surface area (Å²) in [5, 5.41) is 8.18. The summed E-state index contributed by atoms with van der Waals surface area (Å²) in [5.41, 5.74) is 5.95. The zero-order valence-electron chi connectivity index (χ0n) is 16.3. The number of methoxy groups -OCH3 is 1. The number of amides is 3. The molecule has 0 radical (unpaired) electrons. The molecule has 2 rings (SSSR count). The number of carbonyl (C=O) groups excluding carboxylic acids is 2. The van der Waals surface area contributed by atoms with Gasteiger partial charge < -0.3 is 20.7 Å². The minimum absolute atomic E-state index is 0.0949. The molecule has 0 spiro atoms. The molecule has 0 unspecified atom stereocenters. The monoisotopic (exact) mass is 369 g/mol. The zero-order valence-corrected chi connectivity index (χ0v) is 16.3. The van der Waals surface area contributed by atoms with E-state index in [2.05, 4.69) is 16.0 Å². The molecule has 0 bridgehead atoms. The van der Waals surface area contributed by atoms with Crippen molar-refractivity contribution in [2.75, 3.05) is 19.0 Å². The van der Waals surface area contributed by atoms with E-state index in [4.69, 9.17) is 4.74 Å². The van der Waals surface area contributed by atoms with E-state index in [0.717, 1.165) is 33.5 Å². The highest BCUT2D eigenvalue weighted by Crippen LogP contribution is 2.21. The Morgan fingerprint density at radius 1 is 0.963 bits per heavy atom. The van der Waals surface area contributed by atoms with Gasteiger partial charge in [-0.15, -0.1) is 0 Å². The summed E-state index contributed by atoms with van der Waals surface area (Å²) in [4.78, 5) is 24.1. The van der Waals surface area contributed by atoms with Crippen LogP contribution >= 0.6 is 0 Å². The third-order valence-corrected chi connectivity index (χ3v) is 4.11. The Kier molecular flexibility index (Phi) is 7.37. The van der Waals surface area contributed by atoms with Crippen LogP contribution in [0.4, 0.5) is 10.5 Å². The summed E-state index contributed by atoms with van der Waals surface area (Å²) < 4.78 is 5.10. The summed E-state index contributed by atoms with van der Waals surface area (Å²) >= 11 is 0. The van der Waals surface area contributed by atoms with Crippen LogP contribution in [0.5, 0.6) is 0 Å². The topological polar surface area (TPSA) is 79.5 Å². The van der Waals surface area contributed by atoms with E-state index < -0.39 is 0 Å². The van der Waals surface area contributed by atoms with Gasteiger partial charge in [-0.25, -0.2) is 4.79 Å². The predicted molar refractivity (Wildman–Crippen MR) is 107 cm³/mol. The summed E-state index contributed by atoms with van der Waals surface area (Å²) in [6.45, 7) is 6.73. The van der Waals surface area contributed by atoms with Crippen LogP contribution in [0.3, 0.4) is 0 Å². The second-order valence-corrected chi connectivity index (χ2v) is 6.61. The van der Waals surface area contributed by atoms with Crippen LogP contribution < -0.4 is 16.0 Å². The van der Waals surface area contributed by atoms with Crippen molar-refractivity contribution in [1.82, 2.24) is 10.6 Å². The number of aryl methyl sites for hydroxylation is 3. The van der Waals surface area contributed by atoms with E-state index in [1.165, 1.54) is 0 Å². The smallest absolute Gasteiger partial charge is 0.315 e. The molecule has 0 aliphatic rings. The van der Waals surface area contributed by atoms with Gasteiger partial charge in [0.05, 0.1) is 13.2 Å². The Labute approximate surface area is 160 Å². The Morgan fingerprint density at radius 3 is 2.30 bits per heavy atom. The van der Waals surface area contributed by atoms with Gasteiger partial charge in [0.15, 0.2) is 0 Å². The number of hydrogen-bond donors (Lipinski definition) is 3. The Balaban J connectivity index is 1.80. The van der Waals surface area contributed by atoms with Crippen molar-refractivity contribution in [1.29, 1.82) is 0 Å². The first-order chi connectivity index (χ1) is 12.9. The van der Waals surface area contributed by atoms with Gasteiger partial charge in [-0.1, -0.05) is 42.0 Å². The first kappa shape index (κ1) is 20.5. The number of ether oxygens (including phenoxy) is 1. The van der Waals surface area contributed by atoms with E-state index in [-0.39, 0.29) is 18.5 Å². The first-order valence-electron chi connectivity index (χ1n) is 8.85. The van der Waals surface area contributed by atoms with E-state index in [1.54, 1.807) is 7.11 Å². The number of urea groups is 1. The van der Waals surface area contributed by atoms with Gasteiger partial charge in [-0.3, -0.25) is 4.79 Å². The number of benzene rings is 2. The standard InChI is InChI=1S/C21H27N3O3/c1-14-8-15(2)20(16(3)9-14)24-19(25)12-23-21(26)22-11-17-6-5-7-18(10-17)13-27-4/h5-10H,11-13H2,1-4H3,(H,24,25)(H2,22,23,26). The van der Waals surface area contributed by atoms with Gasteiger partial charge in [0, 0.05) is 19.3 Å². The Morgan fingerprint density at radius 2 is 1.63 bits per heavy atom. The largest absolute Gasteiger partial charge is 0.380 e. The van der Waals surface area contributed by atoms with Crippen molar-refractivity contribution in [3.05, 3.63) is 64.2 Å². The van der Waals surface area contributed by atoms with Crippen LogP contribution in [0.15, 0.2) is 36.4 Å². The van der Waals surface area contributed by atoms with Crippen LogP contribution in [-0.2, 0) is 22.7 Å². The van der Waals surface area contributed by atoms with E-state index in [9.17, 15) is 9.59 Å². The fourth-order valence-corrected chi connectivity index (χ4v) is 2.96. The normalized spacial score (nSPS) is 10.4.